The molecule has 0 aliphatic heterocycles. The Morgan fingerprint density at radius 2 is 1.82 bits per heavy atom. The Hall–Kier alpha value is -3.11. The molecule has 1 aromatic heterocycles. The number of hydrogen-bond donors (Lipinski definition) is 0. The number of aromatic nitrogens is 1. The molecule has 0 atom stereocenters. The van der Waals surface area contributed by atoms with E-state index in [0.29, 0.717) is 16.6 Å². The van der Waals surface area contributed by atoms with Gasteiger partial charge >= 0.3 is 6.18 Å². The molecule has 1 heterocycles. The van der Waals surface area contributed by atoms with E-state index in [-0.39, 0.29) is 33.2 Å². The number of methoxy groups -OCH3 is 1. The van der Waals surface area contributed by atoms with Crippen molar-refractivity contribution in [2.45, 2.75) is 12.6 Å². The van der Waals surface area contributed by atoms with E-state index in [1.165, 1.54) is 49.6 Å². The second kappa shape index (κ2) is 7.49. The summed E-state index contributed by atoms with van der Waals surface area (Å²) >= 11 is 6.23. The van der Waals surface area contributed by atoms with Gasteiger partial charge in [-0.15, -0.1) is 0 Å². The molecule has 142 valence electrons. The van der Waals surface area contributed by atoms with Crippen LogP contribution in [0, 0.1) is 11.3 Å². The zero-order valence-electron chi connectivity index (χ0n) is 14.5. The molecule has 0 unspecified atom stereocenters. The number of ether oxygens (including phenoxy) is 1. The quantitative estimate of drug-likeness (QED) is 0.567. The Kier molecular flexibility index (Phi) is 5.25. The third-order valence-corrected chi connectivity index (χ3v) is 4.52. The molecular formula is C20H12ClF3N2O2. The SMILES string of the molecule is COc1nc2ccc(C(=O)c3ccc(C#N)cc3)cc2c(Cl)c1CC(F)(F)F. The Balaban J connectivity index is 2.10. The standard InChI is InChI=1S/C20H12ClF3N2O2/c1-28-19-15(9-20(22,23)24)17(21)14-8-13(6-7-16(14)26-19)18(27)12-4-2-11(10-25)3-5-12/h2-8H,9H2,1H3. The van der Waals surface area contributed by atoms with Gasteiger partial charge in [-0.25, -0.2) is 4.98 Å². The highest BCUT2D eigenvalue weighted by atomic mass is 35.5. The van der Waals surface area contributed by atoms with Gasteiger partial charge in [0, 0.05) is 22.1 Å². The summed E-state index contributed by atoms with van der Waals surface area (Å²) in [6.45, 7) is 0. The molecule has 0 spiro atoms. The van der Waals surface area contributed by atoms with Crippen molar-refractivity contribution in [3.05, 3.63) is 69.7 Å². The average Bonchev–Trinajstić information content (AvgIpc) is 2.68. The summed E-state index contributed by atoms with van der Waals surface area (Å²) in [5, 5.41) is 8.90. The van der Waals surface area contributed by atoms with Gasteiger partial charge in [-0.2, -0.15) is 18.4 Å². The number of carbonyl (C=O) groups is 1. The Morgan fingerprint density at radius 1 is 1.18 bits per heavy atom. The van der Waals surface area contributed by atoms with Gasteiger partial charge < -0.3 is 4.74 Å². The van der Waals surface area contributed by atoms with Crippen LogP contribution in [0.2, 0.25) is 5.02 Å². The number of pyridine rings is 1. The van der Waals surface area contributed by atoms with Crippen molar-refractivity contribution in [2.24, 2.45) is 0 Å². The predicted molar refractivity (Wildman–Crippen MR) is 97.7 cm³/mol. The lowest BCUT2D eigenvalue weighted by atomic mass is 9.99. The van der Waals surface area contributed by atoms with E-state index in [0.717, 1.165) is 0 Å². The minimum absolute atomic E-state index is 0.159. The van der Waals surface area contributed by atoms with Crippen molar-refractivity contribution in [2.75, 3.05) is 7.11 Å². The van der Waals surface area contributed by atoms with Gasteiger partial charge in [0.1, 0.15) is 0 Å². The van der Waals surface area contributed by atoms with Crippen LogP contribution < -0.4 is 4.74 Å². The van der Waals surface area contributed by atoms with Crippen LogP contribution in [0.1, 0.15) is 27.0 Å². The number of hydrogen-bond acceptors (Lipinski definition) is 4. The van der Waals surface area contributed by atoms with E-state index in [1.807, 2.05) is 6.07 Å². The highest BCUT2D eigenvalue weighted by Crippen LogP contribution is 2.36. The number of ketones is 1. The van der Waals surface area contributed by atoms with Crippen LogP contribution in [0.4, 0.5) is 13.2 Å². The third-order valence-electron chi connectivity index (χ3n) is 4.09. The second-order valence-electron chi connectivity index (χ2n) is 5.96. The normalized spacial score (nSPS) is 11.3. The molecule has 0 N–H and O–H groups in total. The van der Waals surface area contributed by atoms with E-state index in [9.17, 15) is 18.0 Å². The van der Waals surface area contributed by atoms with Gasteiger partial charge in [-0.3, -0.25) is 4.79 Å². The van der Waals surface area contributed by atoms with Crippen molar-refractivity contribution >= 4 is 28.3 Å². The van der Waals surface area contributed by atoms with Crippen molar-refractivity contribution in [3.63, 3.8) is 0 Å². The summed E-state index contributed by atoms with van der Waals surface area (Å²) in [7, 11) is 1.22. The topological polar surface area (TPSA) is 63.0 Å². The molecule has 0 fully saturated rings. The van der Waals surface area contributed by atoms with Crippen molar-refractivity contribution in [3.8, 4) is 11.9 Å². The molecule has 3 rings (SSSR count). The fourth-order valence-corrected chi connectivity index (χ4v) is 3.07. The third kappa shape index (κ3) is 3.92. The second-order valence-corrected chi connectivity index (χ2v) is 6.33. The van der Waals surface area contributed by atoms with E-state index in [1.54, 1.807) is 0 Å². The molecule has 0 radical (unpaired) electrons. The first-order chi connectivity index (χ1) is 13.2. The maximum absolute atomic E-state index is 12.9. The summed E-state index contributed by atoms with van der Waals surface area (Å²) < 4.78 is 43.7. The Labute approximate surface area is 163 Å². The van der Waals surface area contributed by atoms with Gasteiger partial charge in [0.25, 0.3) is 0 Å². The number of nitrogens with zero attached hydrogens (tertiary/aromatic N) is 2. The van der Waals surface area contributed by atoms with Crippen molar-refractivity contribution < 1.29 is 22.7 Å². The van der Waals surface area contributed by atoms with E-state index in [2.05, 4.69) is 4.98 Å². The van der Waals surface area contributed by atoms with Crippen LogP contribution in [0.3, 0.4) is 0 Å². The van der Waals surface area contributed by atoms with E-state index in [4.69, 9.17) is 21.6 Å². The highest BCUT2D eigenvalue weighted by Gasteiger charge is 2.32. The molecular weight excluding hydrogens is 393 g/mol. The summed E-state index contributed by atoms with van der Waals surface area (Å²) in [5.74, 6) is -0.559. The smallest absolute Gasteiger partial charge is 0.393 e. The zero-order valence-corrected chi connectivity index (χ0v) is 15.2. The predicted octanol–water partition coefficient (Wildman–Crippen LogP) is 5.10. The Bertz CT molecular complexity index is 1100. The van der Waals surface area contributed by atoms with Crippen molar-refractivity contribution in [1.82, 2.24) is 4.98 Å². The van der Waals surface area contributed by atoms with Gasteiger partial charge in [-0.05, 0) is 42.5 Å². The lowest BCUT2D eigenvalue weighted by Crippen LogP contribution is -2.13. The first kappa shape index (κ1) is 19.6. The lowest BCUT2D eigenvalue weighted by molar-refractivity contribution is -0.127. The molecule has 0 amide bonds. The number of nitriles is 1. The van der Waals surface area contributed by atoms with Crippen molar-refractivity contribution in [1.29, 1.82) is 5.26 Å². The molecule has 28 heavy (non-hydrogen) atoms. The van der Waals surface area contributed by atoms with Gasteiger partial charge in [0.2, 0.25) is 5.88 Å². The largest absolute Gasteiger partial charge is 0.481 e. The number of fused-ring (bicyclic) bond motifs is 1. The van der Waals surface area contributed by atoms with Gasteiger partial charge in [0.05, 0.1) is 35.7 Å². The molecule has 4 nitrogen and oxygen atoms in total. The average molecular weight is 405 g/mol. The van der Waals surface area contributed by atoms with Crippen LogP contribution in [-0.4, -0.2) is 24.1 Å². The molecule has 0 saturated carbocycles. The molecule has 8 heteroatoms. The van der Waals surface area contributed by atoms with E-state index < -0.39 is 12.6 Å². The molecule has 0 aliphatic carbocycles. The fraction of sp³-hybridized carbons (Fsp3) is 0.150. The number of halogens is 4. The minimum Gasteiger partial charge on any atom is -0.481 e. The number of benzene rings is 2. The zero-order chi connectivity index (χ0) is 20.5. The van der Waals surface area contributed by atoms with Gasteiger partial charge in [-0.1, -0.05) is 11.6 Å². The lowest BCUT2D eigenvalue weighted by Gasteiger charge is -2.14. The Morgan fingerprint density at radius 3 is 2.39 bits per heavy atom. The molecule has 0 saturated heterocycles. The number of rotatable bonds is 4. The van der Waals surface area contributed by atoms with Crippen LogP contribution >= 0.6 is 11.6 Å². The molecule has 3 aromatic rings. The first-order valence-corrected chi connectivity index (χ1v) is 8.39. The summed E-state index contributed by atoms with van der Waals surface area (Å²) in [4.78, 5) is 16.8. The minimum atomic E-state index is -4.50. The fourth-order valence-electron chi connectivity index (χ4n) is 2.77. The first-order valence-electron chi connectivity index (χ1n) is 8.01. The van der Waals surface area contributed by atoms with Crippen LogP contribution in [0.5, 0.6) is 5.88 Å². The number of alkyl halides is 3. The summed E-state index contributed by atoms with van der Waals surface area (Å²) in [5.41, 5.74) is 1.01. The number of carbonyl (C=O) groups excluding carboxylic acids is 1. The maximum Gasteiger partial charge on any atom is 0.393 e. The maximum atomic E-state index is 12.9. The molecule has 0 aliphatic rings. The molecule has 2 aromatic carbocycles. The van der Waals surface area contributed by atoms with Crippen LogP contribution in [0.15, 0.2) is 42.5 Å². The van der Waals surface area contributed by atoms with Crippen LogP contribution in [0.25, 0.3) is 10.9 Å². The highest BCUT2D eigenvalue weighted by molar-refractivity contribution is 6.36. The monoisotopic (exact) mass is 404 g/mol. The van der Waals surface area contributed by atoms with Gasteiger partial charge in [0.15, 0.2) is 5.78 Å². The summed E-state index contributed by atoms with van der Waals surface area (Å²) in [6.07, 6.45) is -5.80. The summed E-state index contributed by atoms with van der Waals surface area (Å²) in [6, 6.07) is 12.4. The van der Waals surface area contributed by atoms with E-state index >= 15 is 0 Å². The molecule has 0 bridgehead atoms. The van der Waals surface area contributed by atoms with Crippen LogP contribution in [-0.2, 0) is 6.42 Å².